The molecular formula is C21H22FN4O2S+. The van der Waals surface area contributed by atoms with Crippen LogP contribution in [0.3, 0.4) is 0 Å². The number of nitrogens with one attached hydrogen (secondary N) is 2. The monoisotopic (exact) mass is 413 g/mol. The SMILES string of the molecule is O=C(Nc1ccccc1)C1CC[NH+](Cn2nc(-c3ccc(F)cc3)oc2=S)CC1. The smallest absolute Gasteiger partial charge is 0.292 e. The van der Waals surface area contributed by atoms with E-state index >= 15 is 0 Å². The standard InChI is InChI=1S/C21H21FN4O2S/c22-17-8-6-16(7-9-17)20-24-26(21(29)28-20)14-25-12-10-15(11-13-25)19(27)23-18-4-2-1-3-5-18/h1-9,15H,10-14H2,(H,23,27)/p+1. The molecule has 6 nitrogen and oxygen atoms in total. The lowest BCUT2D eigenvalue weighted by Crippen LogP contribution is -3.12. The van der Waals surface area contributed by atoms with Gasteiger partial charge in [-0.1, -0.05) is 18.2 Å². The van der Waals surface area contributed by atoms with E-state index in [1.807, 2.05) is 30.3 Å². The first-order valence-electron chi connectivity index (χ1n) is 9.62. The Morgan fingerprint density at radius 3 is 2.55 bits per heavy atom. The van der Waals surface area contributed by atoms with Gasteiger partial charge in [-0.2, -0.15) is 4.68 Å². The normalized spacial score (nSPS) is 19.1. The molecule has 1 fully saturated rings. The summed E-state index contributed by atoms with van der Waals surface area (Å²) in [6.07, 6.45) is 1.62. The van der Waals surface area contributed by atoms with Gasteiger partial charge in [0.05, 0.1) is 13.1 Å². The Kier molecular flexibility index (Phi) is 5.82. The van der Waals surface area contributed by atoms with Crippen LogP contribution in [0.1, 0.15) is 12.8 Å². The van der Waals surface area contributed by atoms with E-state index in [1.54, 1.807) is 16.8 Å². The molecule has 2 heterocycles. The maximum absolute atomic E-state index is 13.1. The van der Waals surface area contributed by atoms with E-state index in [1.165, 1.54) is 17.0 Å². The number of likely N-dealkylation sites (tertiary alicyclic amines) is 1. The first-order valence-corrected chi connectivity index (χ1v) is 10.0. The summed E-state index contributed by atoms with van der Waals surface area (Å²) >= 11 is 5.29. The van der Waals surface area contributed by atoms with Crippen LogP contribution >= 0.6 is 12.2 Å². The van der Waals surface area contributed by atoms with Gasteiger partial charge in [-0.05, 0) is 48.6 Å². The highest BCUT2D eigenvalue weighted by Gasteiger charge is 2.28. The molecule has 0 saturated carbocycles. The number of rotatable bonds is 5. The van der Waals surface area contributed by atoms with Crippen molar-refractivity contribution in [2.24, 2.45) is 5.92 Å². The number of para-hydroxylation sites is 1. The van der Waals surface area contributed by atoms with Crippen molar-refractivity contribution >= 4 is 23.8 Å². The van der Waals surface area contributed by atoms with Crippen LogP contribution in [0.15, 0.2) is 59.0 Å². The largest absolute Gasteiger partial charge is 0.409 e. The number of halogens is 1. The van der Waals surface area contributed by atoms with Gasteiger partial charge in [-0.25, -0.2) is 4.39 Å². The number of piperidine rings is 1. The molecule has 2 N–H and O–H groups in total. The lowest BCUT2D eigenvalue weighted by molar-refractivity contribution is -0.929. The third kappa shape index (κ3) is 4.78. The van der Waals surface area contributed by atoms with Crippen molar-refractivity contribution in [3.8, 4) is 11.5 Å². The molecule has 1 aromatic heterocycles. The molecule has 1 aliphatic heterocycles. The number of anilines is 1. The molecule has 0 aliphatic carbocycles. The van der Waals surface area contributed by atoms with Crippen molar-refractivity contribution < 1.29 is 18.5 Å². The topological polar surface area (TPSA) is 64.5 Å². The van der Waals surface area contributed by atoms with Crippen molar-refractivity contribution in [2.75, 3.05) is 18.4 Å². The number of nitrogens with zero attached hydrogens (tertiary/aromatic N) is 2. The van der Waals surface area contributed by atoms with E-state index in [0.29, 0.717) is 23.0 Å². The van der Waals surface area contributed by atoms with E-state index in [9.17, 15) is 9.18 Å². The second-order valence-electron chi connectivity index (χ2n) is 7.22. The minimum Gasteiger partial charge on any atom is -0.409 e. The predicted molar refractivity (Wildman–Crippen MR) is 109 cm³/mol. The highest BCUT2D eigenvalue weighted by Crippen LogP contribution is 2.18. The predicted octanol–water partition coefficient (Wildman–Crippen LogP) is 2.90. The zero-order valence-corrected chi connectivity index (χ0v) is 16.6. The summed E-state index contributed by atoms with van der Waals surface area (Å²) in [6, 6.07) is 15.5. The highest BCUT2D eigenvalue weighted by molar-refractivity contribution is 7.71. The number of benzene rings is 2. The summed E-state index contributed by atoms with van der Waals surface area (Å²) in [5.74, 6) is 0.160. The molecule has 2 aromatic carbocycles. The van der Waals surface area contributed by atoms with Gasteiger partial charge in [0, 0.05) is 30.0 Å². The summed E-state index contributed by atoms with van der Waals surface area (Å²) < 4.78 is 20.3. The molecule has 8 heteroatoms. The number of carbonyl (C=O) groups is 1. The van der Waals surface area contributed by atoms with Crippen LogP contribution in [0, 0.1) is 16.6 Å². The Hall–Kier alpha value is -2.84. The number of hydrogen-bond donors (Lipinski definition) is 2. The minimum absolute atomic E-state index is 0.0130. The van der Waals surface area contributed by atoms with E-state index in [0.717, 1.165) is 31.6 Å². The van der Waals surface area contributed by atoms with Crippen LogP contribution in [0.25, 0.3) is 11.5 Å². The number of carbonyl (C=O) groups excluding carboxylic acids is 1. The quantitative estimate of drug-likeness (QED) is 0.632. The fourth-order valence-corrected chi connectivity index (χ4v) is 3.72. The Morgan fingerprint density at radius 1 is 1.17 bits per heavy atom. The lowest BCUT2D eigenvalue weighted by atomic mass is 9.96. The Balaban J connectivity index is 1.33. The number of hydrogen-bond acceptors (Lipinski definition) is 4. The number of quaternary nitrogens is 1. The summed E-state index contributed by atoms with van der Waals surface area (Å²) in [5.41, 5.74) is 1.51. The lowest BCUT2D eigenvalue weighted by Gasteiger charge is -2.28. The first-order chi connectivity index (χ1) is 14.1. The van der Waals surface area contributed by atoms with Gasteiger partial charge in [0.1, 0.15) is 5.82 Å². The molecular weight excluding hydrogens is 391 g/mol. The van der Waals surface area contributed by atoms with Crippen molar-refractivity contribution in [3.63, 3.8) is 0 Å². The first kappa shape index (κ1) is 19.5. The molecule has 0 radical (unpaired) electrons. The summed E-state index contributed by atoms with van der Waals surface area (Å²) in [4.78, 5) is 14.1. The number of amides is 1. The van der Waals surface area contributed by atoms with Crippen molar-refractivity contribution in [2.45, 2.75) is 19.5 Å². The van der Waals surface area contributed by atoms with Gasteiger partial charge in [0.15, 0.2) is 6.67 Å². The van der Waals surface area contributed by atoms with Crippen LogP contribution in [-0.4, -0.2) is 28.8 Å². The Labute approximate surface area is 173 Å². The third-order valence-corrected chi connectivity index (χ3v) is 5.47. The van der Waals surface area contributed by atoms with Crippen LogP contribution in [0.4, 0.5) is 10.1 Å². The second kappa shape index (κ2) is 8.67. The van der Waals surface area contributed by atoms with Gasteiger partial charge in [0.2, 0.25) is 11.8 Å². The summed E-state index contributed by atoms with van der Waals surface area (Å²) in [7, 11) is 0. The average molecular weight is 413 g/mol. The molecule has 1 amide bonds. The Bertz CT molecular complexity index is 1020. The minimum atomic E-state index is -0.310. The van der Waals surface area contributed by atoms with Gasteiger partial charge in [0.25, 0.3) is 4.84 Å². The highest BCUT2D eigenvalue weighted by atomic mass is 32.1. The van der Waals surface area contributed by atoms with E-state index < -0.39 is 0 Å². The van der Waals surface area contributed by atoms with Crippen LogP contribution in [-0.2, 0) is 11.5 Å². The summed E-state index contributed by atoms with van der Waals surface area (Å²) in [6.45, 7) is 2.29. The zero-order valence-electron chi connectivity index (χ0n) is 15.8. The molecule has 0 unspecified atom stereocenters. The fourth-order valence-electron chi connectivity index (χ4n) is 3.54. The van der Waals surface area contributed by atoms with Gasteiger partial charge in [-0.3, -0.25) is 4.79 Å². The Morgan fingerprint density at radius 2 is 1.86 bits per heavy atom. The van der Waals surface area contributed by atoms with Crippen LogP contribution in [0.2, 0.25) is 0 Å². The molecule has 4 rings (SSSR count). The second-order valence-corrected chi connectivity index (χ2v) is 7.57. The molecule has 150 valence electrons. The maximum Gasteiger partial charge on any atom is 0.292 e. The maximum atomic E-state index is 13.1. The van der Waals surface area contributed by atoms with Crippen molar-refractivity contribution in [3.05, 3.63) is 65.3 Å². The van der Waals surface area contributed by atoms with Crippen molar-refractivity contribution in [1.29, 1.82) is 0 Å². The molecule has 29 heavy (non-hydrogen) atoms. The molecule has 1 saturated heterocycles. The number of aromatic nitrogens is 2. The van der Waals surface area contributed by atoms with E-state index in [4.69, 9.17) is 16.6 Å². The van der Waals surface area contributed by atoms with E-state index in [2.05, 4.69) is 10.4 Å². The van der Waals surface area contributed by atoms with Crippen LogP contribution in [0.5, 0.6) is 0 Å². The fraction of sp³-hybridized carbons (Fsp3) is 0.286. The van der Waals surface area contributed by atoms with Gasteiger partial charge in [-0.15, -0.1) is 5.10 Å². The average Bonchev–Trinajstić information content (AvgIpc) is 3.10. The summed E-state index contributed by atoms with van der Waals surface area (Å²) in [5, 5.41) is 7.42. The molecule has 3 aromatic rings. The van der Waals surface area contributed by atoms with E-state index in [-0.39, 0.29) is 17.6 Å². The van der Waals surface area contributed by atoms with Crippen molar-refractivity contribution in [1.82, 2.24) is 9.78 Å². The van der Waals surface area contributed by atoms with Gasteiger partial charge < -0.3 is 14.6 Å². The molecule has 0 bridgehead atoms. The van der Waals surface area contributed by atoms with Crippen LogP contribution < -0.4 is 10.2 Å². The molecule has 1 aliphatic rings. The zero-order chi connectivity index (χ0) is 20.2. The third-order valence-electron chi connectivity index (χ3n) is 5.18. The molecule has 0 spiro atoms. The molecule has 0 atom stereocenters. The van der Waals surface area contributed by atoms with Gasteiger partial charge >= 0.3 is 0 Å².